The molecule has 0 aromatic rings. The first-order chi connectivity index (χ1) is 5.40. The van der Waals surface area contributed by atoms with Gasteiger partial charge in [-0.3, -0.25) is 4.90 Å². The first-order valence-corrected chi connectivity index (χ1v) is 4.52. The second-order valence-corrected chi connectivity index (χ2v) is 3.59. The van der Waals surface area contributed by atoms with Crippen LogP contribution in [0.25, 0.3) is 0 Å². The molecule has 2 rings (SSSR count). The summed E-state index contributed by atoms with van der Waals surface area (Å²) in [5, 5.41) is 6.69. The Labute approximate surface area is 68.1 Å². The Kier molecular flexibility index (Phi) is 2.11. The smallest absolute Gasteiger partial charge is 0.0237 e. The highest BCUT2D eigenvalue weighted by molar-refractivity contribution is 4.97. The van der Waals surface area contributed by atoms with Gasteiger partial charge >= 0.3 is 0 Å². The molecule has 2 unspecified atom stereocenters. The van der Waals surface area contributed by atoms with Crippen LogP contribution < -0.4 is 10.6 Å². The summed E-state index contributed by atoms with van der Waals surface area (Å²) in [7, 11) is 2.02. The third kappa shape index (κ3) is 1.41. The lowest BCUT2D eigenvalue weighted by Crippen LogP contribution is -2.45. The Balaban J connectivity index is 1.78. The van der Waals surface area contributed by atoms with Crippen LogP contribution in [0, 0.1) is 0 Å². The van der Waals surface area contributed by atoms with E-state index in [1.54, 1.807) is 0 Å². The monoisotopic (exact) mass is 155 g/mol. The minimum Gasteiger partial charge on any atom is -0.318 e. The highest BCUT2D eigenvalue weighted by Gasteiger charge is 2.36. The molecule has 2 saturated heterocycles. The van der Waals surface area contributed by atoms with E-state index in [2.05, 4.69) is 15.5 Å². The van der Waals surface area contributed by atoms with E-state index in [-0.39, 0.29) is 0 Å². The minimum atomic E-state index is 0.803. The van der Waals surface area contributed by atoms with Crippen LogP contribution in [0.15, 0.2) is 0 Å². The van der Waals surface area contributed by atoms with Gasteiger partial charge < -0.3 is 10.6 Å². The van der Waals surface area contributed by atoms with Crippen LogP contribution >= 0.6 is 0 Å². The van der Waals surface area contributed by atoms with Crippen LogP contribution in [0.1, 0.15) is 6.42 Å². The van der Waals surface area contributed by atoms with Crippen molar-refractivity contribution in [3.8, 4) is 0 Å². The van der Waals surface area contributed by atoms with Crippen LogP contribution in [-0.4, -0.2) is 50.2 Å². The molecular formula is C8H17N3. The second kappa shape index (κ2) is 3.09. The van der Waals surface area contributed by atoms with Crippen molar-refractivity contribution in [2.24, 2.45) is 0 Å². The zero-order valence-electron chi connectivity index (χ0n) is 7.14. The maximum Gasteiger partial charge on any atom is 0.0237 e. The third-order valence-corrected chi connectivity index (χ3v) is 2.82. The number of likely N-dealkylation sites (tertiary alicyclic amines) is 1. The van der Waals surface area contributed by atoms with Crippen LogP contribution in [0.3, 0.4) is 0 Å². The number of likely N-dealkylation sites (N-methyl/N-ethyl adjacent to an activating group) is 1. The van der Waals surface area contributed by atoms with Crippen LogP contribution in [0.4, 0.5) is 0 Å². The van der Waals surface area contributed by atoms with E-state index < -0.39 is 0 Å². The van der Waals surface area contributed by atoms with Crippen molar-refractivity contribution in [1.29, 1.82) is 0 Å². The lowest BCUT2D eigenvalue weighted by atomic mass is 10.2. The SMILES string of the molecule is CNCCN1CC2CC1CN2. The molecule has 0 aromatic heterocycles. The maximum atomic E-state index is 3.50. The standard InChI is InChI=1S/C8H17N3/c1-9-2-3-11-6-7-4-8(11)5-10-7/h7-10H,2-6H2,1H3. The number of rotatable bonds is 3. The van der Waals surface area contributed by atoms with Crippen LogP contribution in [0.2, 0.25) is 0 Å². The van der Waals surface area contributed by atoms with E-state index in [9.17, 15) is 0 Å². The summed E-state index contributed by atoms with van der Waals surface area (Å²) in [5.74, 6) is 0. The van der Waals surface area contributed by atoms with Crippen molar-refractivity contribution >= 4 is 0 Å². The minimum absolute atomic E-state index is 0.803. The Morgan fingerprint density at radius 3 is 3.09 bits per heavy atom. The van der Waals surface area contributed by atoms with E-state index in [0.29, 0.717) is 0 Å². The summed E-state index contributed by atoms with van der Waals surface area (Å²) < 4.78 is 0. The van der Waals surface area contributed by atoms with E-state index in [0.717, 1.165) is 18.6 Å². The van der Waals surface area contributed by atoms with E-state index in [4.69, 9.17) is 0 Å². The summed E-state index contributed by atoms with van der Waals surface area (Å²) in [6, 6.07) is 1.64. The molecule has 0 aliphatic carbocycles. The van der Waals surface area contributed by atoms with E-state index >= 15 is 0 Å². The Morgan fingerprint density at radius 2 is 2.55 bits per heavy atom. The van der Waals surface area contributed by atoms with Crippen molar-refractivity contribution in [3.63, 3.8) is 0 Å². The molecule has 3 heteroatoms. The van der Waals surface area contributed by atoms with Gasteiger partial charge in [-0.25, -0.2) is 0 Å². The first kappa shape index (κ1) is 7.53. The Hall–Kier alpha value is -0.120. The van der Waals surface area contributed by atoms with Crippen molar-refractivity contribution < 1.29 is 0 Å². The number of hydrogen-bond acceptors (Lipinski definition) is 3. The maximum absolute atomic E-state index is 3.50. The van der Waals surface area contributed by atoms with Gasteiger partial charge in [0.1, 0.15) is 0 Å². The normalized spacial score (nSPS) is 36.8. The average Bonchev–Trinajstić information content (AvgIpc) is 2.60. The zero-order valence-corrected chi connectivity index (χ0v) is 7.14. The molecule has 2 aliphatic rings. The molecule has 2 aliphatic heterocycles. The number of hydrogen-bond donors (Lipinski definition) is 2. The van der Waals surface area contributed by atoms with E-state index in [1.807, 2.05) is 7.05 Å². The molecule has 3 nitrogen and oxygen atoms in total. The third-order valence-electron chi connectivity index (χ3n) is 2.82. The van der Waals surface area contributed by atoms with Crippen molar-refractivity contribution in [2.45, 2.75) is 18.5 Å². The topological polar surface area (TPSA) is 27.3 Å². The fraction of sp³-hybridized carbons (Fsp3) is 1.00. The molecule has 0 radical (unpaired) electrons. The van der Waals surface area contributed by atoms with Crippen molar-refractivity contribution in [2.75, 3.05) is 33.2 Å². The first-order valence-electron chi connectivity index (χ1n) is 4.52. The van der Waals surface area contributed by atoms with Gasteiger partial charge in [0.2, 0.25) is 0 Å². The summed E-state index contributed by atoms with van der Waals surface area (Å²) in [4.78, 5) is 2.59. The van der Waals surface area contributed by atoms with Crippen molar-refractivity contribution in [3.05, 3.63) is 0 Å². The summed E-state index contributed by atoms with van der Waals surface area (Å²) in [6.45, 7) is 4.84. The number of piperazine rings is 1. The van der Waals surface area contributed by atoms with Gasteiger partial charge in [-0.2, -0.15) is 0 Å². The highest BCUT2D eigenvalue weighted by atomic mass is 15.3. The molecular weight excluding hydrogens is 138 g/mol. The second-order valence-electron chi connectivity index (χ2n) is 3.59. The van der Waals surface area contributed by atoms with Crippen LogP contribution in [0.5, 0.6) is 0 Å². The molecule has 2 N–H and O–H groups in total. The molecule has 2 fully saturated rings. The number of nitrogens with one attached hydrogen (secondary N) is 2. The number of nitrogens with zero attached hydrogens (tertiary/aromatic N) is 1. The fourth-order valence-corrected chi connectivity index (χ4v) is 2.18. The zero-order chi connectivity index (χ0) is 7.68. The molecule has 2 bridgehead atoms. The number of fused-ring (bicyclic) bond motifs is 2. The summed E-state index contributed by atoms with van der Waals surface area (Å²) in [5.41, 5.74) is 0. The van der Waals surface area contributed by atoms with Gasteiger partial charge in [-0.1, -0.05) is 0 Å². The lowest BCUT2D eigenvalue weighted by molar-refractivity contribution is 0.228. The van der Waals surface area contributed by atoms with Gasteiger partial charge in [0.25, 0.3) is 0 Å². The molecule has 0 aromatic carbocycles. The quantitative estimate of drug-likeness (QED) is 0.561. The van der Waals surface area contributed by atoms with Crippen LogP contribution in [-0.2, 0) is 0 Å². The molecule has 2 heterocycles. The van der Waals surface area contributed by atoms with Gasteiger partial charge in [-0.15, -0.1) is 0 Å². The predicted octanol–water partition coefficient (Wildman–Crippen LogP) is -0.748. The molecule has 0 spiro atoms. The van der Waals surface area contributed by atoms with Gasteiger partial charge in [0.15, 0.2) is 0 Å². The highest BCUT2D eigenvalue weighted by Crippen LogP contribution is 2.21. The fourth-order valence-electron chi connectivity index (χ4n) is 2.18. The Morgan fingerprint density at radius 1 is 1.64 bits per heavy atom. The molecule has 0 amide bonds. The van der Waals surface area contributed by atoms with Gasteiger partial charge in [-0.05, 0) is 13.5 Å². The summed E-state index contributed by atoms with van der Waals surface area (Å²) in [6.07, 6.45) is 1.38. The van der Waals surface area contributed by atoms with Crippen molar-refractivity contribution in [1.82, 2.24) is 15.5 Å². The molecule has 2 atom stereocenters. The molecule has 64 valence electrons. The summed E-state index contributed by atoms with van der Waals surface area (Å²) >= 11 is 0. The average molecular weight is 155 g/mol. The predicted molar refractivity (Wildman–Crippen MR) is 45.7 cm³/mol. The molecule has 11 heavy (non-hydrogen) atoms. The van der Waals surface area contributed by atoms with E-state index in [1.165, 1.54) is 26.1 Å². The molecule has 0 saturated carbocycles. The largest absolute Gasteiger partial charge is 0.318 e. The van der Waals surface area contributed by atoms with Gasteiger partial charge in [0.05, 0.1) is 0 Å². The Bertz CT molecular complexity index is 137. The van der Waals surface area contributed by atoms with Gasteiger partial charge in [0, 0.05) is 38.3 Å². The lowest BCUT2D eigenvalue weighted by Gasteiger charge is -2.26.